The standard InChI is InChI=1S/C8H10BrNO3S.ClH/c1-14(12,13)7-3-6(9)2-5(4-10)8(7)11;/h2-3,11H,4,10H2,1H3;1H. The second-order valence-corrected chi connectivity index (χ2v) is 5.79. The average molecular weight is 317 g/mol. The molecule has 0 unspecified atom stereocenters. The van der Waals surface area contributed by atoms with Crippen molar-refractivity contribution in [1.82, 2.24) is 0 Å². The molecule has 1 rings (SSSR count). The van der Waals surface area contributed by atoms with E-state index in [1.165, 1.54) is 6.07 Å². The summed E-state index contributed by atoms with van der Waals surface area (Å²) >= 11 is 3.15. The summed E-state index contributed by atoms with van der Waals surface area (Å²) in [7, 11) is -3.42. The van der Waals surface area contributed by atoms with Gasteiger partial charge in [-0.05, 0) is 12.1 Å². The summed E-state index contributed by atoms with van der Waals surface area (Å²) in [6.07, 6.45) is 1.04. The number of rotatable bonds is 2. The molecular weight excluding hydrogens is 306 g/mol. The normalized spacial score (nSPS) is 10.9. The van der Waals surface area contributed by atoms with Gasteiger partial charge in [0, 0.05) is 22.8 Å². The Morgan fingerprint density at radius 1 is 1.47 bits per heavy atom. The summed E-state index contributed by atoms with van der Waals surface area (Å²) in [5.74, 6) is -0.266. The average Bonchev–Trinajstić information content (AvgIpc) is 2.06. The number of phenols is 1. The van der Waals surface area contributed by atoms with Crippen LogP contribution < -0.4 is 5.73 Å². The smallest absolute Gasteiger partial charge is 0.179 e. The number of phenolic OH excluding ortho intramolecular Hbond substituents is 1. The third-order valence-corrected chi connectivity index (χ3v) is 3.31. The Kier molecular flexibility index (Phi) is 5.05. The van der Waals surface area contributed by atoms with Gasteiger partial charge in [-0.3, -0.25) is 0 Å². The van der Waals surface area contributed by atoms with E-state index >= 15 is 0 Å². The number of sulfone groups is 1. The van der Waals surface area contributed by atoms with Crippen molar-refractivity contribution in [2.75, 3.05) is 6.26 Å². The molecule has 0 aliphatic rings. The maximum Gasteiger partial charge on any atom is 0.179 e. The minimum Gasteiger partial charge on any atom is -0.506 e. The van der Waals surface area contributed by atoms with Gasteiger partial charge < -0.3 is 10.8 Å². The van der Waals surface area contributed by atoms with Crippen LogP contribution in [0.5, 0.6) is 5.75 Å². The van der Waals surface area contributed by atoms with Gasteiger partial charge in [0.15, 0.2) is 9.84 Å². The second kappa shape index (κ2) is 5.16. The van der Waals surface area contributed by atoms with Crippen LogP contribution in [0.2, 0.25) is 0 Å². The van der Waals surface area contributed by atoms with Crippen LogP contribution >= 0.6 is 28.3 Å². The lowest BCUT2D eigenvalue weighted by Crippen LogP contribution is -2.03. The largest absolute Gasteiger partial charge is 0.506 e. The predicted molar refractivity (Wildman–Crippen MR) is 64.1 cm³/mol. The number of hydrogen-bond acceptors (Lipinski definition) is 4. The fourth-order valence-corrected chi connectivity index (χ4v) is 2.55. The highest BCUT2D eigenvalue weighted by Gasteiger charge is 2.16. The van der Waals surface area contributed by atoms with Crippen LogP contribution in [0.3, 0.4) is 0 Å². The Morgan fingerprint density at radius 2 is 2.00 bits per heavy atom. The Labute approximate surface area is 103 Å². The zero-order valence-electron chi connectivity index (χ0n) is 7.90. The van der Waals surface area contributed by atoms with Crippen molar-refractivity contribution >= 4 is 38.2 Å². The van der Waals surface area contributed by atoms with E-state index in [1.54, 1.807) is 6.07 Å². The molecule has 7 heteroatoms. The van der Waals surface area contributed by atoms with Crippen molar-refractivity contribution in [3.05, 3.63) is 22.2 Å². The summed E-state index contributed by atoms with van der Waals surface area (Å²) < 4.78 is 23.1. The van der Waals surface area contributed by atoms with Crippen LogP contribution in [0, 0.1) is 0 Å². The molecule has 0 atom stereocenters. The summed E-state index contributed by atoms with van der Waals surface area (Å²) in [6.45, 7) is 0.0911. The molecule has 0 spiro atoms. The topological polar surface area (TPSA) is 80.4 Å². The predicted octanol–water partition coefficient (Wildman–Crippen LogP) is 1.44. The summed E-state index contributed by atoms with van der Waals surface area (Å²) in [4.78, 5) is -0.104. The van der Waals surface area contributed by atoms with Crippen molar-refractivity contribution in [3.8, 4) is 5.75 Å². The second-order valence-electron chi connectivity index (χ2n) is 2.89. The lowest BCUT2D eigenvalue weighted by atomic mass is 10.2. The third-order valence-electron chi connectivity index (χ3n) is 1.74. The Balaban J connectivity index is 0.00000196. The summed E-state index contributed by atoms with van der Waals surface area (Å²) in [5.41, 5.74) is 5.76. The minimum atomic E-state index is -3.42. The van der Waals surface area contributed by atoms with E-state index in [0.29, 0.717) is 10.0 Å². The first kappa shape index (κ1) is 14.7. The number of aromatic hydroxyl groups is 1. The van der Waals surface area contributed by atoms with Crippen molar-refractivity contribution in [2.45, 2.75) is 11.4 Å². The van der Waals surface area contributed by atoms with Crippen LogP contribution in [-0.4, -0.2) is 19.8 Å². The quantitative estimate of drug-likeness (QED) is 0.865. The molecule has 4 nitrogen and oxygen atoms in total. The van der Waals surface area contributed by atoms with Gasteiger partial charge in [-0.2, -0.15) is 0 Å². The molecule has 0 aliphatic carbocycles. The van der Waals surface area contributed by atoms with Gasteiger partial charge in [-0.25, -0.2) is 8.42 Å². The number of halogens is 2. The first-order valence-corrected chi connectivity index (χ1v) is 6.46. The van der Waals surface area contributed by atoms with Crippen LogP contribution in [0.15, 0.2) is 21.5 Å². The van der Waals surface area contributed by atoms with Crippen molar-refractivity contribution in [3.63, 3.8) is 0 Å². The summed E-state index contributed by atoms with van der Waals surface area (Å²) in [5, 5.41) is 9.57. The molecule has 86 valence electrons. The van der Waals surface area contributed by atoms with Crippen molar-refractivity contribution in [2.24, 2.45) is 5.73 Å². The fraction of sp³-hybridized carbons (Fsp3) is 0.250. The number of benzene rings is 1. The van der Waals surface area contributed by atoms with Crippen molar-refractivity contribution < 1.29 is 13.5 Å². The Morgan fingerprint density at radius 3 is 2.40 bits per heavy atom. The highest BCUT2D eigenvalue weighted by atomic mass is 79.9. The third kappa shape index (κ3) is 3.34. The highest BCUT2D eigenvalue weighted by molar-refractivity contribution is 9.10. The van der Waals surface area contributed by atoms with E-state index in [9.17, 15) is 13.5 Å². The van der Waals surface area contributed by atoms with Crippen molar-refractivity contribution in [1.29, 1.82) is 0 Å². The van der Waals surface area contributed by atoms with Crippen LogP contribution in [-0.2, 0) is 16.4 Å². The lowest BCUT2D eigenvalue weighted by molar-refractivity contribution is 0.452. The van der Waals surface area contributed by atoms with Gasteiger partial charge in [0.1, 0.15) is 10.6 Å². The molecule has 0 aliphatic heterocycles. The molecule has 0 aromatic heterocycles. The fourth-order valence-electron chi connectivity index (χ4n) is 1.07. The minimum absolute atomic E-state index is 0. The number of hydrogen-bond donors (Lipinski definition) is 2. The highest BCUT2D eigenvalue weighted by Crippen LogP contribution is 2.30. The molecule has 0 saturated heterocycles. The Bertz CT molecular complexity index is 461. The van der Waals surface area contributed by atoms with Gasteiger partial charge in [-0.15, -0.1) is 12.4 Å². The Hall–Kier alpha value is -0.300. The summed E-state index contributed by atoms with van der Waals surface area (Å²) in [6, 6.07) is 2.94. The van der Waals surface area contributed by atoms with E-state index in [1.807, 2.05) is 0 Å². The van der Waals surface area contributed by atoms with E-state index < -0.39 is 9.84 Å². The maximum atomic E-state index is 11.3. The molecule has 15 heavy (non-hydrogen) atoms. The molecule has 0 radical (unpaired) electrons. The van der Waals surface area contributed by atoms with E-state index in [-0.39, 0.29) is 29.6 Å². The molecular formula is C8H11BrClNO3S. The van der Waals surface area contributed by atoms with Crippen LogP contribution in [0.25, 0.3) is 0 Å². The first-order valence-electron chi connectivity index (χ1n) is 3.77. The maximum absolute atomic E-state index is 11.3. The SMILES string of the molecule is CS(=O)(=O)c1cc(Br)cc(CN)c1O.Cl. The molecule has 1 aromatic rings. The molecule has 0 amide bonds. The van der Waals surface area contributed by atoms with Gasteiger partial charge >= 0.3 is 0 Å². The van der Waals surface area contributed by atoms with Crippen LogP contribution in [0.1, 0.15) is 5.56 Å². The number of nitrogens with two attached hydrogens (primary N) is 1. The van der Waals surface area contributed by atoms with Gasteiger partial charge in [0.05, 0.1) is 0 Å². The molecule has 1 aromatic carbocycles. The van der Waals surface area contributed by atoms with Gasteiger partial charge in [0.2, 0.25) is 0 Å². The monoisotopic (exact) mass is 315 g/mol. The van der Waals surface area contributed by atoms with Gasteiger partial charge in [-0.1, -0.05) is 15.9 Å². The lowest BCUT2D eigenvalue weighted by Gasteiger charge is -2.07. The van der Waals surface area contributed by atoms with Gasteiger partial charge in [0.25, 0.3) is 0 Å². The molecule has 0 heterocycles. The molecule has 0 bridgehead atoms. The van der Waals surface area contributed by atoms with E-state index in [2.05, 4.69) is 15.9 Å². The first-order chi connectivity index (χ1) is 6.36. The molecule has 0 saturated carbocycles. The zero-order chi connectivity index (χ0) is 10.9. The molecule has 3 N–H and O–H groups in total. The van der Waals surface area contributed by atoms with Crippen LogP contribution in [0.4, 0.5) is 0 Å². The van der Waals surface area contributed by atoms with E-state index in [4.69, 9.17) is 5.73 Å². The zero-order valence-corrected chi connectivity index (χ0v) is 11.1. The molecule has 0 fully saturated rings. The van der Waals surface area contributed by atoms with E-state index in [0.717, 1.165) is 6.26 Å².